The molecule has 1 spiro atoms. The van der Waals surface area contributed by atoms with E-state index < -0.39 is 93.3 Å². The average Bonchev–Trinajstić information content (AvgIpc) is 3.11. The van der Waals surface area contributed by atoms with E-state index in [0.29, 0.717) is 17.0 Å². The monoisotopic (exact) mass is 613 g/mol. The van der Waals surface area contributed by atoms with Gasteiger partial charge in [-0.1, -0.05) is 0 Å². The molecule has 0 saturated carbocycles. The summed E-state index contributed by atoms with van der Waals surface area (Å²) in [5.74, 6) is -5.91. The summed E-state index contributed by atoms with van der Waals surface area (Å²) in [6, 6.07) is 2.43. The number of alkyl halides is 5. The molecule has 2 aromatic rings. The summed E-state index contributed by atoms with van der Waals surface area (Å²) in [4.78, 5) is 37.5. The molecule has 1 saturated heterocycles. The van der Waals surface area contributed by atoms with E-state index in [9.17, 15) is 54.3 Å². The number of aromatic nitrogens is 1. The van der Waals surface area contributed by atoms with Gasteiger partial charge in [-0.15, -0.1) is 0 Å². The molecule has 4 N–H and O–H groups in total. The summed E-state index contributed by atoms with van der Waals surface area (Å²) in [6.07, 6.45) is -7.44. The quantitative estimate of drug-likeness (QED) is 0.228. The van der Waals surface area contributed by atoms with Gasteiger partial charge < -0.3 is 29.9 Å². The van der Waals surface area contributed by atoms with Gasteiger partial charge in [-0.05, 0) is 25.1 Å². The lowest BCUT2D eigenvalue weighted by Gasteiger charge is -2.48. The van der Waals surface area contributed by atoms with Gasteiger partial charge >= 0.3 is 18.0 Å². The number of carbonyl (C=O) groups is 3. The van der Waals surface area contributed by atoms with Crippen molar-refractivity contribution in [1.29, 1.82) is 0 Å². The Balaban J connectivity index is 1.51. The molecule has 3 amide bonds. The Morgan fingerprint density at radius 1 is 1.20 bits per heavy atom. The second-order valence-corrected chi connectivity index (χ2v) is 11.3. The number of halogens is 6. The van der Waals surface area contributed by atoms with E-state index in [1.807, 2.05) is 0 Å². The first-order valence-electron chi connectivity index (χ1n) is 11.4. The number of benzene rings is 1. The number of anilines is 1. The molecule has 0 aliphatic carbocycles. The number of amides is 3. The molecule has 41 heavy (non-hydrogen) atoms. The molecular weight excluding hydrogens is 592 g/mol. The van der Waals surface area contributed by atoms with Crippen LogP contribution in [0.2, 0.25) is 0 Å². The molecule has 1 unspecified atom stereocenters. The van der Waals surface area contributed by atoms with E-state index in [2.05, 4.69) is 10.0 Å². The van der Waals surface area contributed by atoms with E-state index in [1.54, 1.807) is 0 Å². The maximum absolute atomic E-state index is 13.6. The Labute approximate surface area is 227 Å². The van der Waals surface area contributed by atoms with E-state index in [0.717, 1.165) is 22.1 Å². The Hall–Kier alpha value is -3.84. The summed E-state index contributed by atoms with van der Waals surface area (Å²) < 4.78 is 113. The van der Waals surface area contributed by atoms with Crippen molar-refractivity contribution in [3.05, 3.63) is 41.5 Å². The van der Waals surface area contributed by atoms with Crippen molar-refractivity contribution >= 4 is 33.4 Å². The number of nitrogens with one attached hydrogen (secondary N) is 3. The summed E-state index contributed by atoms with van der Waals surface area (Å²) in [7, 11) is -3.15. The zero-order chi connectivity index (χ0) is 30.7. The average molecular weight is 613 g/mol. The smallest absolute Gasteiger partial charge is 0.436 e. The number of hydrogen-bond donors (Lipinski definition) is 4. The Bertz CT molecular complexity index is 1530. The highest BCUT2D eigenvalue weighted by molar-refractivity contribution is 7.89. The third-order valence-corrected chi connectivity index (χ3v) is 7.89. The minimum absolute atomic E-state index is 0.219. The first-order chi connectivity index (χ1) is 18.8. The van der Waals surface area contributed by atoms with Crippen molar-refractivity contribution in [2.24, 2.45) is 7.05 Å². The standard InChI is InChI=1S/C22H21F6N5O7S/c1-20(37,22(26,27)28)30-18(35)19(36)33-7-21(8-33)9-40-15-13(41(38,39)31-21)6-32(2)14(15)17(34)29-10-3-4-12(23)11(5-10)16(24)25/h3-6,16,31,37H,7-9H2,1-2H3,(H,29,34)(H,30,35). The van der Waals surface area contributed by atoms with Gasteiger partial charge in [0.15, 0.2) is 11.4 Å². The number of hydrogen-bond acceptors (Lipinski definition) is 7. The molecule has 2 aliphatic rings. The van der Waals surface area contributed by atoms with Crippen LogP contribution in [0, 0.1) is 5.82 Å². The van der Waals surface area contributed by atoms with Crippen molar-refractivity contribution in [3.8, 4) is 5.75 Å². The van der Waals surface area contributed by atoms with Gasteiger partial charge in [0.25, 0.3) is 12.3 Å². The normalized spacial score (nSPS) is 18.9. The molecular formula is C22H21F6N5O7S. The van der Waals surface area contributed by atoms with Crippen LogP contribution >= 0.6 is 0 Å². The fourth-order valence-electron chi connectivity index (χ4n) is 4.20. The molecule has 1 aromatic carbocycles. The fraction of sp³-hybridized carbons (Fsp3) is 0.409. The zero-order valence-electron chi connectivity index (χ0n) is 21.0. The van der Waals surface area contributed by atoms with Gasteiger partial charge in [-0.3, -0.25) is 14.4 Å². The van der Waals surface area contributed by atoms with Crippen LogP contribution in [0.1, 0.15) is 29.4 Å². The molecule has 1 fully saturated rings. The van der Waals surface area contributed by atoms with Gasteiger partial charge in [0.2, 0.25) is 15.7 Å². The molecule has 2 aliphatic heterocycles. The highest BCUT2D eigenvalue weighted by atomic mass is 32.2. The number of rotatable bonds is 4. The van der Waals surface area contributed by atoms with Crippen molar-refractivity contribution in [2.75, 3.05) is 25.0 Å². The van der Waals surface area contributed by atoms with Crippen LogP contribution in [0.4, 0.5) is 32.0 Å². The van der Waals surface area contributed by atoms with Crippen LogP contribution in [0.15, 0.2) is 29.3 Å². The maximum atomic E-state index is 13.6. The molecule has 1 aromatic heterocycles. The lowest BCUT2D eigenvalue weighted by molar-refractivity contribution is -0.263. The van der Waals surface area contributed by atoms with Crippen LogP contribution < -0.4 is 20.1 Å². The van der Waals surface area contributed by atoms with Crippen molar-refractivity contribution in [3.63, 3.8) is 0 Å². The van der Waals surface area contributed by atoms with E-state index in [-0.39, 0.29) is 18.3 Å². The molecule has 4 rings (SSSR count). The minimum atomic E-state index is -5.29. The number of sulfonamides is 1. The number of nitrogens with zero attached hydrogens (tertiary/aromatic N) is 2. The lowest BCUT2D eigenvalue weighted by atomic mass is 9.92. The Morgan fingerprint density at radius 2 is 1.83 bits per heavy atom. The highest BCUT2D eigenvalue weighted by Gasteiger charge is 2.55. The number of likely N-dealkylation sites (tertiary alicyclic amines) is 1. The second kappa shape index (κ2) is 9.91. The number of fused-ring (bicyclic) bond motifs is 1. The fourth-order valence-corrected chi connectivity index (χ4v) is 5.77. The predicted molar refractivity (Wildman–Crippen MR) is 125 cm³/mol. The number of aliphatic hydroxyl groups is 1. The molecule has 0 radical (unpaired) electrons. The molecule has 12 nitrogen and oxygen atoms in total. The Morgan fingerprint density at radius 3 is 2.41 bits per heavy atom. The van der Waals surface area contributed by atoms with Crippen LogP contribution in [0.25, 0.3) is 0 Å². The number of ether oxygens (including phenoxy) is 1. The first-order valence-corrected chi connectivity index (χ1v) is 12.9. The van der Waals surface area contributed by atoms with Crippen molar-refractivity contribution < 1.29 is 59.0 Å². The van der Waals surface area contributed by atoms with Gasteiger partial charge in [0.1, 0.15) is 22.9 Å². The van der Waals surface area contributed by atoms with Gasteiger partial charge in [-0.2, -0.15) is 17.9 Å². The molecule has 19 heteroatoms. The zero-order valence-corrected chi connectivity index (χ0v) is 21.8. The maximum Gasteiger partial charge on any atom is 0.436 e. The highest BCUT2D eigenvalue weighted by Crippen LogP contribution is 2.37. The van der Waals surface area contributed by atoms with Gasteiger partial charge in [-0.25, -0.2) is 21.6 Å². The summed E-state index contributed by atoms with van der Waals surface area (Å²) in [5, 5.41) is 12.8. The van der Waals surface area contributed by atoms with Gasteiger partial charge in [0, 0.05) is 32.0 Å². The minimum Gasteiger partial charge on any atom is -0.488 e. The van der Waals surface area contributed by atoms with Crippen LogP contribution in [-0.2, 0) is 26.7 Å². The topological polar surface area (TPSA) is 159 Å². The van der Waals surface area contributed by atoms with E-state index in [4.69, 9.17) is 4.74 Å². The second-order valence-electron chi connectivity index (χ2n) is 9.63. The molecule has 0 bridgehead atoms. The molecule has 3 heterocycles. The largest absolute Gasteiger partial charge is 0.488 e. The van der Waals surface area contributed by atoms with Gasteiger partial charge in [0.05, 0.1) is 5.56 Å². The first kappa shape index (κ1) is 30.1. The van der Waals surface area contributed by atoms with Crippen LogP contribution in [0.5, 0.6) is 5.75 Å². The summed E-state index contributed by atoms with van der Waals surface area (Å²) >= 11 is 0. The Kier molecular flexibility index (Phi) is 7.28. The number of carbonyl (C=O) groups excluding carboxylic acids is 3. The lowest BCUT2D eigenvalue weighted by Crippen LogP contribution is -2.74. The third-order valence-electron chi connectivity index (χ3n) is 6.32. The van der Waals surface area contributed by atoms with E-state index >= 15 is 0 Å². The summed E-state index contributed by atoms with van der Waals surface area (Å²) in [5.41, 5.74) is -6.79. The predicted octanol–water partition coefficient (Wildman–Crippen LogP) is 0.993. The SMILES string of the molecule is Cn1cc2c(c1C(=O)Nc1ccc(F)c(C(F)F)c1)OCC1(CN(C(=O)C(=O)NC(C)(O)C(F)(F)F)C1)NS2(=O)=O. The molecule has 224 valence electrons. The number of aryl methyl sites for hydroxylation is 1. The van der Waals surface area contributed by atoms with Crippen LogP contribution in [0.3, 0.4) is 0 Å². The molecule has 1 atom stereocenters. The van der Waals surface area contributed by atoms with E-state index in [1.165, 1.54) is 7.05 Å². The van der Waals surface area contributed by atoms with Crippen molar-refractivity contribution in [2.45, 2.75) is 35.7 Å². The van der Waals surface area contributed by atoms with Crippen LogP contribution in [-0.4, -0.2) is 77.8 Å². The third kappa shape index (κ3) is 5.55. The summed E-state index contributed by atoms with van der Waals surface area (Å²) in [6.45, 7) is -1.31. The van der Waals surface area contributed by atoms with Crippen molar-refractivity contribution in [1.82, 2.24) is 19.5 Å².